The number of fused-ring (bicyclic) bond motifs is 1. The van der Waals surface area contributed by atoms with Crippen molar-refractivity contribution >= 4 is 5.91 Å². The molecule has 0 aliphatic heterocycles. The highest BCUT2D eigenvalue weighted by Crippen LogP contribution is 2.34. The van der Waals surface area contributed by atoms with Crippen molar-refractivity contribution in [1.82, 2.24) is 9.88 Å². The summed E-state index contributed by atoms with van der Waals surface area (Å²) >= 11 is 0. The van der Waals surface area contributed by atoms with Crippen LogP contribution in [-0.2, 0) is 19.4 Å². The molecule has 5 rings (SSSR count). The minimum Gasteiger partial charge on any atom is -0.494 e. The highest BCUT2D eigenvalue weighted by atomic mass is 16.5. The van der Waals surface area contributed by atoms with Gasteiger partial charge in [-0.05, 0) is 80.1 Å². The lowest BCUT2D eigenvalue weighted by Gasteiger charge is -2.18. The lowest BCUT2D eigenvalue weighted by molar-refractivity contribution is 0.0950. The normalized spacial score (nSPS) is 12.7. The highest BCUT2D eigenvalue weighted by Gasteiger charge is 2.20. The second kappa shape index (κ2) is 10.0. The van der Waals surface area contributed by atoms with Gasteiger partial charge in [-0.2, -0.15) is 0 Å². The largest absolute Gasteiger partial charge is 0.494 e. The Kier molecular flexibility index (Phi) is 6.48. The maximum absolute atomic E-state index is 12.8. The number of para-hydroxylation sites is 1. The third-order valence-corrected chi connectivity index (χ3v) is 6.47. The summed E-state index contributed by atoms with van der Waals surface area (Å²) in [5.41, 5.74) is 8.00. The topological polar surface area (TPSA) is 43.3 Å². The van der Waals surface area contributed by atoms with Crippen LogP contribution in [0.3, 0.4) is 0 Å². The summed E-state index contributed by atoms with van der Waals surface area (Å²) in [4.78, 5) is 12.8. The van der Waals surface area contributed by atoms with E-state index in [0.29, 0.717) is 18.7 Å². The standard InChI is InChI=1S/C30H30N2O2/c1-2-34-29-15-9-7-13-25(29)21-31-30(33)23-16-18-26(19-17-23)32-27-14-8-6-12-24(27)20-28(32)22-10-4-3-5-11-22/h3-5,7,9-11,13,15-20H,2,6,8,12,14,21H2,1H3,(H,31,33). The molecule has 0 saturated heterocycles. The van der Waals surface area contributed by atoms with Gasteiger partial charge in [0.05, 0.1) is 12.3 Å². The van der Waals surface area contributed by atoms with E-state index in [1.807, 2.05) is 43.3 Å². The number of aromatic nitrogens is 1. The van der Waals surface area contributed by atoms with E-state index in [2.05, 4.69) is 58.4 Å². The van der Waals surface area contributed by atoms with E-state index in [1.54, 1.807) is 0 Å². The number of carbonyl (C=O) groups is 1. The molecule has 172 valence electrons. The predicted octanol–water partition coefficient (Wildman–Crippen LogP) is 6.35. The zero-order valence-corrected chi connectivity index (χ0v) is 19.6. The Hall–Kier alpha value is -3.79. The quantitative estimate of drug-likeness (QED) is 0.356. The van der Waals surface area contributed by atoms with Gasteiger partial charge in [0.15, 0.2) is 0 Å². The lowest BCUT2D eigenvalue weighted by atomic mass is 9.98. The van der Waals surface area contributed by atoms with Crippen LogP contribution in [0.15, 0.2) is 84.9 Å². The fourth-order valence-corrected chi connectivity index (χ4v) is 4.80. The van der Waals surface area contributed by atoms with Crippen LogP contribution in [0, 0.1) is 0 Å². The Labute approximate surface area is 201 Å². The molecule has 1 aromatic heterocycles. The first kappa shape index (κ1) is 22.0. The van der Waals surface area contributed by atoms with Crippen LogP contribution in [-0.4, -0.2) is 17.1 Å². The van der Waals surface area contributed by atoms with Crippen LogP contribution in [0.5, 0.6) is 5.75 Å². The van der Waals surface area contributed by atoms with Crippen molar-refractivity contribution in [2.24, 2.45) is 0 Å². The van der Waals surface area contributed by atoms with E-state index in [-0.39, 0.29) is 5.91 Å². The molecule has 4 nitrogen and oxygen atoms in total. The van der Waals surface area contributed by atoms with Gasteiger partial charge < -0.3 is 14.6 Å². The summed E-state index contributed by atoms with van der Waals surface area (Å²) in [6.45, 7) is 2.99. The summed E-state index contributed by atoms with van der Waals surface area (Å²) < 4.78 is 8.05. The van der Waals surface area contributed by atoms with Gasteiger partial charge in [0.2, 0.25) is 0 Å². The molecule has 3 aromatic carbocycles. The van der Waals surface area contributed by atoms with Crippen molar-refractivity contribution in [2.75, 3.05) is 6.61 Å². The fourth-order valence-electron chi connectivity index (χ4n) is 4.80. The third-order valence-electron chi connectivity index (χ3n) is 6.47. The van der Waals surface area contributed by atoms with Crippen LogP contribution in [0.25, 0.3) is 16.9 Å². The number of hydrogen-bond acceptors (Lipinski definition) is 2. The Morgan fingerprint density at radius 1 is 0.912 bits per heavy atom. The van der Waals surface area contributed by atoms with Crippen LogP contribution in [0.1, 0.15) is 46.9 Å². The first-order valence-electron chi connectivity index (χ1n) is 12.1. The summed E-state index contributed by atoms with van der Waals surface area (Å²) in [6, 6.07) is 28.7. The molecule has 0 atom stereocenters. The Bertz CT molecular complexity index is 1270. The zero-order chi connectivity index (χ0) is 23.3. The number of nitrogens with zero attached hydrogens (tertiary/aromatic N) is 1. The number of carbonyl (C=O) groups excluding carboxylic acids is 1. The molecule has 0 radical (unpaired) electrons. The van der Waals surface area contributed by atoms with E-state index >= 15 is 0 Å². The van der Waals surface area contributed by atoms with Crippen LogP contribution >= 0.6 is 0 Å². The lowest BCUT2D eigenvalue weighted by Crippen LogP contribution is -2.23. The van der Waals surface area contributed by atoms with E-state index in [0.717, 1.165) is 29.8 Å². The molecule has 4 heteroatoms. The van der Waals surface area contributed by atoms with Gasteiger partial charge in [-0.25, -0.2) is 0 Å². The minimum atomic E-state index is -0.0873. The molecular weight excluding hydrogens is 420 g/mol. The van der Waals surface area contributed by atoms with Crippen LogP contribution < -0.4 is 10.1 Å². The van der Waals surface area contributed by atoms with Crippen LogP contribution in [0.2, 0.25) is 0 Å². The predicted molar refractivity (Wildman–Crippen MR) is 137 cm³/mol. The average molecular weight is 451 g/mol. The highest BCUT2D eigenvalue weighted by molar-refractivity contribution is 5.94. The summed E-state index contributed by atoms with van der Waals surface area (Å²) in [6.07, 6.45) is 4.68. The molecular formula is C30H30N2O2. The molecule has 34 heavy (non-hydrogen) atoms. The molecule has 0 fully saturated rings. The van der Waals surface area contributed by atoms with Gasteiger partial charge in [0, 0.05) is 29.1 Å². The molecule has 1 aliphatic carbocycles. The third kappa shape index (κ3) is 4.49. The van der Waals surface area contributed by atoms with E-state index in [1.165, 1.54) is 35.4 Å². The Morgan fingerprint density at radius 3 is 2.44 bits per heavy atom. The van der Waals surface area contributed by atoms with Crippen molar-refractivity contribution in [3.05, 3.63) is 107 Å². The van der Waals surface area contributed by atoms with Gasteiger partial charge in [-0.3, -0.25) is 4.79 Å². The number of benzene rings is 3. The number of hydrogen-bond donors (Lipinski definition) is 1. The summed E-state index contributed by atoms with van der Waals surface area (Å²) in [5.74, 6) is 0.724. The van der Waals surface area contributed by atoms with Gasteiger partial charge in [0.25, 0.3) is 5.91 Å². The molecule has 0 bridgehead atoms. The average Bonchev–Trinajstić information content (AvgIpc) is 3.28. The summed E-state index contributed by atoms with van der Waals surface area (Å²) in [7, 11) is 0. The maximum atomic E-state index is 12.8. The molecule has 1 heterocycles. The number of rotatable bonds is 7. The number of aryl methyl sites for hydroxylation is 1. The molecule has 1 aliphatic rings. The molecule has 0 unspecified atom stereocenters. The van der Waals surface area contributed by atoms with Gasteiger partial charge in [0.1, 0.15) is 5.75 Å². The van der Waals surface area contributed by atoms with Gasteiger partial charge in [-0.1, -0.05) is 48.5 Å². The van der Waals surface area contributed by atoms with Crippen molar-refractivity contribution in [3.63, 3.8) is 0 Å². The molecule has 4 aromatic rings. The number of ether oxygens (including phenoxy) is 1. The number of nitrogens with one attached hydrogen (secondary N) is 1. The fraction of sp³-hybridized carbons (Fsp3) is 0.233. The van der Waals surface area contributed by atoms with Crippen LogP contribution in [0.4, 0.5) is 0 Å². The smallest absolute Gasteiger partial charge is 0.251 e. The summed E-state index contributed by atoms with van der Waals surface area (Å²) in [5, 5.41) is 3.03. The monoisotopic (exact) mass is 450 g/mol. The van der Waals surface area contributed by atoms with Crippen molar-refractivity contribution in [1.29, 1.82) is 0 Å². The first-order valence-corrected chi connectivity index (χ1v) is 12.1. The van der Waals surface area contributed by atoms with E-state index < -0.39 is 0 Å². The number of amides is 1. The second-order valence-electron chi connectivity index (χ2n) is 8.68. The Balaban J connectivity index is 1.39. The maximum Gasteiger partial charge on any atom is 0.251 e. The molecule has 0 spiro atoms. The Morgan fingerprint density at radius 2 is 1.65 bits per heavy atom. The van der Waals surface area contributed by atoms with E-state index in [4.69, 9.17) is 4.74 Å². The van der Waals surface area contributed by atoms with E-state index in [9.17, 15) is 4.79 Å². The van der Waals surface area contributed by atoms with Crippen molar-refractivity contribution < 1.29 is 9.53 Å². The zero-order valence-electron chi connectivity index (χ0n) is 19.6. The first-order chi connectivity index (χ1) is 16.7. The minimum absolute atomic E-state index is 0.0873. The van der Waals surface area contributed by atoms with Gasteiger partial charge >= 0.3 is 0 Å². The molecule has 0 saturated carbocycles. The molecule has 1 N–H and O–H groups in total. The van der Waals surface area contributed by atoms with Gasteiger partial charge in [-0.15, -0.1) is 0 Å². The SMILES string of the molecule is CCOc1ccccc1CNC(=O)c1ccc(-n2c(-c3ccccc3)cc3c2CCCC3)cc1. The van der Waals surface area contributed by atoms with Crippen molar-refractivity contribution in [3.8, 4) is 22.7 Å². The second-order valence-corrected chi connectivity index (χ2v) is 8.68. The van der Waals surface area contributed by atoms with Crippen molar-refractivity contribution in [2.45, 2.75) is 39.2 Å². The molecule has 1 amide bonds.